The first-order chi connectivity index (χ1) is 13.0. The van der Waals surface area contributed by atoms with Crippen LogP contribution in [0.1, 0.15) is 23.7 Å². The number of benzene rings is 1. The van der Waals surface area contributed by atoms with Crippen molar-refractivity contribution >= 4 is 29.2 Å². The number of hydrogen-bond donors (Lipinski definition) is 2. The summed E-state index contributed by atoms with van der Waals surface area (Å²) in [4.78, 5) is 17.4. The smallest absolute Gasteiger partial charge is 0.219 e. The van der Waals surface area contributed by atoms with Gasteiger partial charge in [0, 0.05) is 68.8 Å². The third-order valence-corrected chi connectivity index (χ3v) is 4.70. The molecule has 2 heterocycles. The van der Waals surface area contributed by atoms with Gasteiger partial charge in [0.1, 0.15) is 0 Å². The number of nitrogens with two attached hydrogens (primary N) is 1. The highest BCUT2D eigenvalue weighted by Crippen LogP contribution is 2.30. The van der Waals surface area contributed by atoms with Gasteiger partial charge in [0.05, 0.1) is 12.2 Å². The second-order valence-electron chi connectivity index (χ2n) is 6.39. The molecule has 8 heteroatoms. The number of fused-ring (bicyclic) bond motifs is 1. The second-order valence-corrected chi connectivity index (χ2v) is 6.39. The molecule has 3 N–H and O–H groups in total. The van der Waals surface area contributed by atoms with Gasteiger partial charge in [-0.3, -0.25) is 14.5 Å². The van der Waals surface area contributed by atoms with Crippen LogP contribution in [-0.4, -0.2) is 40.4 Å². The van der Waals surface area contributed by atoms with Gasteiger partial charge in [0.2, 0.25) is 5.91 Å². The molecule has 0 radical (unpaired) electrons. The number of carbonyl (C=O) groups excluding carboxylic acids is 1. The van der Waals surface area contributed by atoms with E-state index in [0.717, 1.165) is 17.7 Å². The van der Waals surface area contributed by atoms with Crippen LogP contribution in [0.25, 0.3) is 5.57 Å². The van der Waals surface area contributed by atoms with Crippen molar-refractivity contribution in [3.8, 4) is 0 Å². The largest absolute Gasteiger partial charge is 0.404 e. The van der Waals surface area contributed by atoms with E-state index in [-0.39, 0.29) is 11.6 Å². The highest BCUT2D eigenvalue weighted by molar-refractivity contribution is 6.10. The standard InChI is InChI=1S/C19H23FN6O/c1-12(27)26-8-7-17-15(11-26)19(24-25(17)3)23-16-6-4-5-14(18(16)20)13(9-21)10-22-2/h4-6,9-10H,7-8,11,21H2,1-3H3,(H,23,24). The number of nitrogens with one attached hydrogen (secondary N) is 1. The molecule has 0 atom stereocenters. The van der Waals surface area contributed by atoms with Crippen molar-refractivity contribution < 1.29 is 9.18 Å². The van der Waals surface area contributed by atoms with Crippen molar-refractivity contribution in [3.05, 3.63) is 47.0 Å². The molecule has 1 aliphatic heterocycles. The summed E-state index contributed by atoms with van der Waals surface area (Å²) in [5.41, 5.74) is 8.70. The molecule has 0 aliphatic carbocycles. The second kappa shape index (κ2) is 7.61. The molecular weight excluding hydrogens is 347 g/mol. The van der Waals surface area contributed by atoms with E-state index in [1.165, 1.54) is 12.4 Å². The molecule has 0 unspecified atom stereocenters. The zero-order valence-electron chi connectivity index (χ0n) is 15.7. The molecule has 7 nitrogen and oxygen atoms in total. The monoisotopic (exact) mass is 370 g/mol. The fourth-order valence-electron chi connectivity index (χ4n) is 3.28. The average Bonchev–Trinajstić information content (AvgIpc) is 2.97. The highest BCUT2D eigenvalue weighted by atomic mass is 19.1. The Morgan fingerprint density at radius 1 is 1.44 bits per heavy atom. The first kappa shape index (κ1) is 18.6. The summed E-state index contributed by atoms with van der Waals surface area (Å²) in [7, 11) is 3.46. The summed E-state index contributed by atoms with van der Waals surface area (Å²) in [5.74, 6) is 0.130. The van der Waals surface area contributed by atoms with Crippen molar-refractivity contribution in [1.82, 2.24) is 14.7 Å². The Morgan fingerprint density at radius 2 is 2.22 bits per heavy atom. The lowest BCUT2D eigenvalue weighted by Gasteiger charge is -2.26. The normalized spacial score (nSPS) is 14.5. The summed E-state index contributed by atoms with van der Waals surface area (Å²) < 4.78 is 16.8. The van der Waals surface area contributed by atoms with Crippen LogP contribution in [0.5, 0.6) is 0 Å². The zero-order chi connectivity index (χ0) is 19.6. The number of hydrogen-bond acceptors (Lipinski definition) is 5. The summed E-state index contributed by atoms with van der Waals surface area (Å²) in [5, 5.41) is 7.57. The van der Waals surface area contributed by atoms with Crippen LogP contribution < -0.4 is 11.1 Å². The number of allylic oxidation sites excluding steroid dienone is 1. The van der Waals surface area contributed by atoms with Gasteiger partial charge in [-0.25, -0.2) is 4.39 Å². The number of amides is 1. The average molecular weight is 370 g/mol. The molecule has 2 aromatic rings. The van der Waals surface area contributed by atoms with E-state index in [0.29, 0.717) is 30.0 Å². The minimum Gasteiger partial charge on any atom is -0.404 e. The maximum Gasteiger partial charge on any atom is 0.219 e. The molecule has 0 saturated heterocycles. The molecule has 0 bridgehead atoms. The fourth-order valence-corrected chi connectivity index (χ4v) is 3.28. The molecule has 1 amide bonds. The molecule has 3 rings (SSSR count). The van der Waals surface area contributed by atoms with Gasteiger partial charge in [-0.1, -0.05) is 12.1 Å². The minimum absolute atomic E-state index is 0.0141. The number of halogens is 1. The van der Waals surface area contributed by atoms with Crippen LogP contribution in [0.15, 0.2) is 29.4 Å². The molecule has 142 valence electrons. The quantitative estimate of drug-likeness (QED) is 0.808. The molecule has 1 aliphatic rings. The van der Waals surface area contributed by atoms with Crippen LogP contribution in [0, 0.1) is 5.82 Å². The Morgan fingerprint density at radius 3 is 2.89 bits per heavy atom. The van der Waals surface area contributed by atoms with E-state index in [4.69, 9.17) is 5.73 Å². The number of anilines is 2. The summed E-state index contributed by atoms with van der Waals surface area (Å²) in [6.07, 6.45) is 3.55. The zero-order valence-corrected chi connectivity index (χ0v) is 15.7. The van der Waals surface area contributed by atoms with Gasteiger partial charge in [-0.2, -0.15) is 5.10 Å². The van der Waals surface area contributed by atoms with E-state index in [2.05, 4.69) is 15.4 Å². The van der Waals surface area contributed by atoms with Crippen LogP contribution in [0.2, 0.25) is 0 Å². The maximum atomic E-state index is 15.0. The number of rotatable bonds is 4. The van der Waals surface area contributed by atoms with E-state index in [1.807, 2.05) is 7.05 Å². The third-order valence-electron chi connectivity index (χ3n) is 4.70. The topological polar surface area (TPSA) is 88.5 Å². The lowest BCUT2D eigenvalue weighted by Crippen LogP contribution is -2.34. The molecule has 1 aromatic carbocycles. The lowest BCUT2D eigenvalue weighted by molar-refractivity contribution is -0.129. The van der Waals surface area contributed by atoms with E-state index in [1.54, 1.807) is 41.8 Å². The van der Waals surface area contributed by atoms with Crippen molar-refractivity contribution in [2.24, 2.45) is 17.8 Å². The van der Waals surface area contributed by atoms with Gasteiger partial charge in [0.25, 0.3) is 0 Å². The molecular formula is C19H23FN6O. The molecule has 0 saturated carbocycles. The van der Waals surface area contributed by atoms with Gasteiger partial charge in [-0.05, 0) is 6.07 Å². The Bertz CT molecular complexity index is 931. The summed E-state index contributed by atoms with van der Waals surface area (Å²) in [6, 6.07) is 5.03. The summed E-state index contributed by atoms with van der Waals surface area (Å²) in [6.45, 7) is 2.67. The van der Waals surface area contributed by atoms with Crippen molar-refractivity contribution in [1.29, 1.82) is 0 Å². The number of nitrogens with zero attached hydrogens (tertiary/aromatic N) is 4. The van der Waals surface area contributed by atoms with Gasteiger partial charge in [-0.15, -0.1) is 0 Å². The Hall–Kier alpha value is -3.16. The van der Waals surface area contributed by atoms with E-state index < -0.39 is 5.82 Å². The van der Waals surface area contributed by atoms with Gasteiger partial charge in [0.15, 0.2) is 11.6 Å². The molecule has 0 spiro atoms. The van der Waals surface area contributed by atoms with Gasteiger partial charge >= 0.3 is 0 Å². The van der Waals surface area contributed by atoms with Crippen LogP contribution in [-0.2, 0) is 24.8 Å². The highest BCUT2D eigenvalue weighted by Gasteiger charge is 2.25. The van der Waals surface area contributed by atoms with Crippen molar-refractivity contribution in [2.75, 3.05) is 18.9 Å². The number of aliphatic imine (C=N–C) groups is 1. The van der Waals surface area contributed by atoms with Crippen molar-refractivity contribution in [3.63, 3.8) is 0 Å². The van der Waals surface area contributed by atoms with E-state index >= 15 is 4.39 Å². The molecule has 0 fully saturated rings. The predicted molar refractivity (Wildman–Crippen MR) is 104 cm³/mol. The molecule has 1 aromatic heterocycles. The fraction of sp³-hybridized carbons (Fsp3) is 0.316. The van der Waals surface area contributed by atoms with Crippen LogP contribution >= 0.6 is 0 Å². The van der Waals surface area contributed by atoms with Gasteiger partial charge < -0.3 is 16.0 Å². The van der Waals surface area contributed by atoms with Crippen LogP contribution in [0.3, 0.4) is 0 Å². The summed E-state index contributed by atoms with van der Waals surface area (Å²) >= 11 is 0. The number of aromatic nitrogens is 2. The minimum atomic E-state index is -0.437. The lowest BCUT2D eigenvalue weighted by atomic mass is 10.1. The third kappa shape index (κ3) is 3.55. The first-order valence-electron chi connectivity index (χ1n) is 8.66. The maximum absolute atomic E-state index is 15.0. The first-order valence-corrected chi connectivity index (χ1v) is 8.66. The van der Waals surface area contributed by atoms with Crippen LogP contribution in [0.4, 0.5) is 15.9 Å². The SMILES string of the molecule is CN=CC(=CN)c1cccc(Nc2nn(C)c3c2CN(C(C)=O)CC3)c1F. The Labute approximate surface area is 157 Å². The molecule has 27 heavy (non-hydrogen) atoms. The van der Waals surface area contributed by atoms with E-state index in [9.17, 15) is 4.79 Å². The number of aryl methyl sites for hydroxylation is 1. The number of carbonyl (C=O) groups is 1. The Kier molecular flexibility index (Phi) is 5.25. The predicted octanol–water partition coefficient (Wildman–Crippen LogP) is 2.21. The van der Waals surface area contributed by atoms with Crippen molar-refractivity contribution in [2.45, 2.75) is 19.9 Å². The Balaban J connectivity index is 1.97.